The summed E-state index contributed by atoms with van der Waals surface area (Å²) in [5, 5.41) is 0.619. The van der Waals surface area contributed by atoms with Gasteiger partial charge in [0.2, 0.25) is 0 Å². The first-order valence-electron chi connectivity index (χ1n) is 7.62. The number of hydrogen-bond donors (Lipinski definition) is 1. The average molecular weight is 298 g/mol. The highest BCUT2D eigenvalue weighted by Crippen LogP contribution is 2.38. The number of nitrogens with two attached hydrogens (primary N) is 1. The molecule has 1 aliphatic heterocycles. The largest absolute Gasteiger partial charge is 0.397 e. The summed E-state index contributed by atoms with van der Waals surface area (Å²) < 4.78 is 0. The third-order valence-electron chi connectivity index (χ3n) is 3.91. The van der Waals surface area contributed by atoms with Crippen molar-refractivity contribution in [3.05, 3.63) is 54.1 Å². The zero-order chi connectivity index (χ0) is 14.7. The van der Waals surface area contributed by atoms with Crippen molar-refractivity contribution in [3.8, 4) is 0 Å². The number of rotatable bonds is 5. The number of para-hydroxylation sites is 2. The lowest BCUT2D eigenvalue weighted by atomic mass is 10.1. The van der Waals surface area contributed by atoms with Crippen LogP contribution in [0.1, 0.15) is 18.9 Å². The molecule has 0 spiro atoms. The van der Waals surface area contributed by atoms with E-state index in [0.29, 0.717) is 5.25 Å². The van der Waals surface area contributed by atoms with Crippen molar-refractivity contribution >= 4 is 23.1 Å². The Bertz CT molecular complexity index is 587. The third kappa shape index (κ3) is 3.18. The van der Waals surface area contributed by atoms with Gasteiger partial charge in [0.05, 0.1) is 11.4 Å². The Morgan fingerprint density at radius 1 is 1.14 bits per heavy atom. The van der Waals surface area contributed by atoms with Crippen molar-refractivity contribution in [2.24, 2.45) is 0 Å². The molecule has 2 aromatic rings. The fourth-order valence-electron chi connectivity index (χ4n) is 2.96. The molecule has 0 saturated heterocycles. The van der Waals surface area contributed by atoms with Gasteiger partial charge in [-0.3, -0.25) is 0 Å². The van der Waals surface area contributed by atoms with Crippen LogP contribution >= 0.6 is 11.8 Å². The van der Waals surface area contributed by atoms with E-state index in [9.17, 15) is 0 Å². The van der Waals surface area contributed by atoms with Gasteiger partial charge in [-0.1, -0.05) is 37.3 Å². The molecule has 0 amide bonds. The summed E-state index contributed by atoms with van der Waals surface area (Å²) >= 11 is 2.01. The number of benzene rings is 2. The highest BCUT2D eigenvalue weighted by atomic mass is 32.2. The monoisotopic (exact) mass is 298 g/mol. The summed E-state index contributed by atoms with van der Waals surface area (Å²) in [4.78, 5) is 3.89. The number of hydrogen-bond acceptors (Lipinski definition) is 3. The second-order valence-electron chi connectivity index (χ2n) is 5.56. The minimum Gasteiger partial charge on any atom is -0.397 e. The van der Waals surface area contributed by atoms with Crippen molar-refractivity contribution in [2.45, 2.75) is 29.9 Å². The quantitative estimate of drug-likeness (QED) is 0.839. The van der Waals surface area contributed by atoms with Crippen LogP contribution in [0.4, 0.5) is 11.4 Å². The number of nitrogens with zero attached hydrogens (tertiary/aromatic N) is 1. The first kappa shape index (κ1) is 14.3. The summed E-state index contributed by atoms with van der Waals surface area (Å²) in [5.41, 5.74) is 9.71. The molecule has 3 heteroatoms. The normalized spacial score (nSPS) is 16.7. The smallest absolute Gasteiger partial charge is 0.0600 e. The van der Waals surface area contributed by atoms with E-state index in [0.717, 1.165) is 31.6 Å². The summed E-state index contributed by atoms with van der Waals surface area (Å²) in [7, 11) is 0. The van der Waals surface area contributed by atoms with Crippen LogP contribution in [0.3, 0.4) is 0 Å². The number of nitrogen functional groups attached to an aromatic ring is 1. The molecule has 0 bridgehead atoms. The fraction of sp³-hybridized carbons (Fsp3) is 0.333. The second-order valence-corrected chi connectivity index (χ2v) is 6.90. The molecule has 0 aromatic heterocycles. The van der Waals surface area contributed by atoms with Crippen LogP contribution in [0, 0.1) is 0 Å². The molecule has 110 valence electrons. The molecule has 1 heterocycles. The molecule has 1 aliphatic rings. The first-order valence-corrected chi connectivity index (χ1v) is 8.50. The Morgan fingerprint density at radius 2 is 1.90 bits per heavy atom. The van der Waals surface area contributed by atoms with Gasteiger partial charge in [-0.15, -0.1) is 11.8 Å². The molecular formula is C18H22N2S. The molecule has 0 saturated carbocycles. The Kier molecular flexibility index (Phi) is 4.39. The zero-order valence-corrected chi connectivity index (χ0v) is 13.3. The van der Waals surface area contributed by atoms with Gasteiger partial charge in [-0.2, -0.15) is 0 Å². The SMILES string of the molecule is CCCN(CC1Cc2ccccc2S1)c1ccccc1N. The third-order valence-corrected chi connectivity index (χ3v) is 5.21. The van der Waals surface area contributed by atoms with Crippen molar-refractivity contribution in [2.75, 3.05) is 23.7 Å². The molecule has 2 aromatic carbocycles. The standard InChI is InChI=1S/C18H22N2S/c1-2-11-20(17-9-5-4-8-16(17)19)13-15-12-14-7-3-6-10-18(14)21-15/h3-10,15H,2,11-13,19H2,1H3. The zero-order valence-electron chi connectivity index (χ0n) is 12.5. The van der Waals surface area contributed by atoms with Gasteiger partial charge in [0, 0.05) is 23.2 Å². The van der Waals surface area contributed by atoms with E-state index in [1.165, 1.54) is 16.1 Å². The lowest BCUT2D eigenvalue weighted by Gasteiger charge is -2.28. The molecule has 21 heavy (non-hydrogen) atoms. The molecule has 3 rings (SSSR count). The molecule has 2 nitrogen and oxygen atoms in total. The maximum atomic E-state index is 6.16. The van der Waals surface area contributed by atoms with Crippen LogP contribution in [0.25, 0.3) is 0 Å². The molecule has 0 fully saturated rings. The van der Waals surface area contributed by atoms with Gasteiger partial charge in [0.1, 0.15) is 0 Å². The van der Waals surface area contributed by atoms with Crippen LogP contribution < -0.4 is 10.6 Å². The highest BCUT2D eigenvalue weighted by Gasteiger charge is 2.24. The summed E-state index contributed by atoms with van der Waals surface area (Å²) in [6.45, 7) is 4.34. The van der Waals surface area contributed by atoms with Crippen molar-refractivity contribution < 1.29 is 0 Å². The average Bonchev–Trinajstić information content (AvgIpc) is 2.89. The Morgan fingerprint density at radius 3 is 2.67 bits per heavy atom. The van der Waals surface area contributed by atoms with E-state index >= 15 is 0 Å². The van der Waals surface area contributed by atoms with E-state index in [1.807, 2.05) is 23.9 Å². The predicted molar refractivity (Wildman–Crippen MR) is 93.1 cm³/mol. The van der Waals surface area contributed by atoms with Crippen molar-refractivity contribution in [1.29, 1.82) is 0 Å². The van der Waals surface area contributed by atoms with Crippen molar-refractivity contribution in [1.82, 2.24) is 0 Å². The minimum atomic E-state index is 0.619. The van der Waals surface area contributed by atoms with Crippen LogP contribution in [-0.2, 0) is 6.42 Å². The number of thioether (sulfide) groups is 1. The van der Waals surface area contributed by atoms with E-state index in [1.54, 1.807) is 0 Å². The second kappa shape index (κ2) is 6.44. The van der Waals surface area contributed by atoms with Gasteiger partial charge < -0.3 is 10.6 Å². The van der Waals surface area contributed by atoms with E-state index in [2.05, 4.69) is 48.2 Å². The summed E-state index contributed by atoms with van der Waals surface area (Å²) in [6.07, 6.45) is 2.30. The Balaban J connectivity index is 1.74. The van der Waals surface area contributed by atoms with E-state index < -0.39 is 0 Å². The molecular weight excluding hydrogens is 276 g/mol. The van der Waals surface area contributed by atoms with Crippen molar-refractivity contribution in [3.63, 3.8) is 0 Å². The summed E-state index contributed by atoms with van der Waals surface area (Å²) in [5.74, 6) is 0. The molecule has 1 atom stereocenters. The molecule has 0 aliphatic carbocycles. The van der Waals surface area contributed by atoms with Gasteiger partial charge in [0.25, 0.3) is 0 Å². The molecule has 0 radical (unpaired) electrons. The lowest BCUT2D eigenvalue weighted by molar-refractivity contribution is 0.732. The first-order chi connectivity index (χ1) is 10.3. The van der Waals surface area contributed by atoms with Gasteiger partial charge in [-0.25, -0.2) is 0 Å². The predicted octanol–water partition coefficient (Wildman–Crippen LogP) is 4.20. The van der Waals surface area contributed by atoms with Crippen LogP contribution in [-0.4, -0.2) is 18.3 Å². The van der Waals surface area contributed by atoms with E-state index in [4.69, 9.17) is 5.73 Å². The molecule has 2 N–H and O–H groups in total. The van der Waals surface area contributed by atoms with Gasteiger partial charge in [0.15, 0.2) is 0 Å². The summed E-state index contributed by atoms with van der Waals surface area (Å²) in [6, 6.07) is 17.0. The van der Waals surface area contributed by atoms with Crippen LogP contribution in [0.15, 0.2) is 53.4 Å². The van der Waals surface area contributed by atoms with Crippen LogP contribution in [0.5, 0.6) is 0 Å². The van der Waals surface area contributed by atoms with Gasteiger partial charge in [-0.05, 0) is 36.6 Å². The number of anilines is 2. The van der Waals surface area contributed by atoms with E-state index in [-0.39, 0.29) is 0 Å². The Labute approximate surface area is 131 Å². The highest BCUT2D eigenvalue weighted by molar-refractivity contribution is 8.00. The topological polar surface area (TPSA) is 29.3 Å². The maximum Gasteiger partial charge on any atom is 0.0600 e. The minimum absolute atomic E-state index is 0.619. The maximum absolute atomic E-state index is 6.16. The lowest BCUT2D eigenvalue weighted by Crippen LogP contribution is -2.32. The van der Waals surface area contributed by atoms with Crippen LogP contribution in [0.2, 0.25) is 0 Å². The Hall–Kier alpha value is -1.61. The van der Waals surface area contributed by atoms with Gasteiger partial charge >= 0.3 is 0 Å². The fourth-order valence-corrected chi connectivity index (χ4v) is 4.29. The molecule has 1 unspecified atom stereocenters. The number of fused-ring (bicyclic) bond motifs is 1.